The topological polar surface area (TPSA) is 46.1 Å². The quantitative estimate of drug-likeness (QED) is 0.746. The molecule has 4 heteroatoms. The zero-order chi connectivity index (χ0) is 12.7. The van der Waals surface area contributed by atoms with E-state index in [0.29, 0.717) is 17.9 Å². The van der Waals surface area contributed by atoms with Gasteiger partial charge in [-0.15, -0.1) is 0 Å². The average Bonchev–Trinajstić information content (AvgIpc) is 2.61. The van der Waals surface area contributed by atoms with Crippen molar-refractivity contribution in [2.45, 2.75) is 44.7 Å². The first-order chi connectivity index (χ1) is 8.65. The molecule has 2 bridgehead atoms. The molecule has 0 N–H and O–H groups in total. The number of fused-ring (bicyclic) bond motifs is 2. The first kappa shape index (κ1) is 11.8. The zero-order valence-electron chi connectivity index (χ0n) is 11.0. The molecular formula is C14H19N3O. The second-order valence-corrected chi connectivity index (χ2v) is 5.60. The van der Waals surface area contributed by atoms with Crippen LogP contribution in [-0.2, 0) is 0 Å². The van der Waals surface area contributed by atoms with Gasteiger partial charge in [0.05, 0.1) is 0 Å². The van der Waals surface area contributed by atoms with E-state index in [0.717, 1.165) is 18.5 Å². The molecule has 2 fully saturated rings. The van der Waals surface area contributed by atoms with E-state index in [1.807, 2.05) is 13.0 Å². The van der Waals surface area contributed by atoms with Crippen LogP contribution in [0.1, 0.15) is 42.0 Å². The van der Waals surface area contributed by atoms with E-state index in [1.165, 1.54) is 12.8 Å². The van der Waals surface area contributed by atoms with Crippen LogP contribution >= 0.6 is 0 Å². The minimum absolute atomic E-state index is 0.125. The molecule has 3 rings (SSSR count). The van der Waals surface area contributed by atoms with Crippen molar-refractivity contribution in [3.05, 3.63) is 23.8 Å². The average molecular weight is 245 g/mol. The van der Waals surface area contributed by atoms with Gasteiger partial charge in [0.2, 0.25) is 5.78 Å². The number of Topliss-reactive ketones (excluding diaryl/α,β-unsaturated/α-hetero) is 1. The van der Waals surface area contributed by atoms with E-state index < -0.39 is 0 Å². The molecule has 2 saturated heterocycles. The molecule has 0 saturated carbocycles. The van der Waals surface area contributed by atoms with Crippen molar-refractivity contribution >= 4 is 5.78 Å². The summed E-state index contributed by atoms with van der Waals surface area (Å²) in [6, 6.07) is 3.00. The summed E-state index contributed by atoms with van der Waals surface area (Å²) in [5.74, 6) is 0.674. The summed E-state index contributed by atoms with van der Waals surface area (Å²) in [6.07, 6.45) is 6.10. The smallest absolute Gasteiger partial charge is 0.203 e. The number of hydrogen-bond acceptors (Lipinski definition) is 4. The molecule has 0 aromatic carbocycles. The normalized spacial score (nSPS) is 31.6. The molecule has 2 aliphatic heterocycles. The van der Waals surface area contributed by atoms with Crippen LogP contribution in [0.15, 0.2) is 12.3 Å². The fourth-order valence-electron chi connectivity index (χ4n) is 3.38. The maximum Gasteiger partial charge on any atom is 0.203 e. The Kier molecular flexibility index (Phi) is 2.90. The van der Waals surface area contributed by atoms with Crippen LogP contribution in [0.2, 0.25) is 0 Å². The van der Waals surface area contributed by atoms with Crippen molar-refractivity contribution in [3.63, 3.8) is 0 Å². The Morgan fingerprint density at radius 2 is 2.00 bits per heavy atom. The summed E-state index contributed by atoms with van der Waals surface area (Å²) < 4.78 is 0. The third-order valence-electron chi connectivity index (χ3n) is 4.48. The van der Waals surface area contributed by atoms with Gasteiger partial charge in [-0.05, 0) is 45.7 Å². The van der Waals surface area contributed by atoms with Gasteiger partial charge < -0.3 is 4.90 Å². The maximum absolute atomic E-state index is 12.4. The summed E-state index contributed by atoms with van der Waals surface area (Å²) in [5, 5.41) is 0. The van der Waals surface area contributed by atoms with Crippen LogP contribution < -0.4 is 0 Å². The zero-order valence-corrected chi connectivity index (χ0v) is 11.0. The Hall–Kier alpha value is -1.29. The van der Waals surface area contributed by atoms with E-state index in [2.05, 4.69) is 21.9 Å². The Labute approximate surface area is 107 Å². The van der Waals surface area contributed by atoms with Gasteiger partial charge in [-0.2, -0.15) is 0 Å². The highest BCUT2D eigenvalue weighted by molar-refractivity contribution is 5.94. The van der Waals surface area contributed by atoms with Gasteiger partial charge in [-0.1, -0.05) is 0 Å². The third-order valence-corrected chi connectivity index (χ3v) is 4.48. The summed E-state index contributed by atoms with van der Waals surface area (Å²) >= 11 is 0. The molecule has 2 unspecified atom stereocenters. The molecule has 3 heterocycles. The molecule has 0 aliphatic carbocycles. The lowest BCUT2D eigenvalue weighted by Gasteiger charge is -2.35. The van der Waals surface area contributed by atoms with Crippen LogP contribution in [0, 0.1) is 12.8 Å². The SMILES string of the molecule is Cc1ccnc(C(=O)C2CC3CCC(C2)N3C)n1. The van der Waals surface area contributed by atoms with Crippen molar-refractivity contribution in [1.82, 2.24) is 14.9 Å². The number of aryl methyl sites for hydroxylation is 1. The highest BCUT2D eigenvalue weighted by Gasteiger charge is 2.41. The number of hydrogen-bond donors (Lipinski definition) is 0. The lowest BCUT2D eigenvalue weighted by Crippen LogP contribution is -2.42. The molecule has 1 aromatic heterocycles. The number of nitrogens with zero attached hydrogens (tertiary/aromatic N) is 3. The van der Waals surface area contributed by atoms with Gasteiger partial charge in [-0.25, -0.2) is 9.97 Å². The minimum Gasteiger partial charge on any atom is -0.300 e. The van der Waals surface area contributed by atoms with Crippen molar-refractivity contribution in [3.8, 4) is 0 Å². The minimum atomic E-state index is 0.125. The molecule has 1 aromatic rings. The van der Waals surface area contributed by atoms with Gasteiger partial charge in [0, 0.05) is 29.9 Å². The monoisotopic (exact) mass is 245 g/mol. The summed E-state index contributed by atoms with van der Waals surface area (Å²) in [6.45, 7) is 1.90. The van der Waals surface area contributed by atoms with Gasteiger partial charge in [0.25, 0.3) is 0 Å². The van der Waals surface area contributed by atoms with Crippen molar-refractivity contribution in [1.29, 1.82) is 0 Å². The molecule has 0 radical (unpaired) electrons. The molecular weight excluding hydrogens is 226 g/mol. The van der Waals surface area contributed by atoms with Crippen LogP contribution in [-0.4, -0.2) is 39.8 Å². The van der Waals surface area contributed by atoms with Crippen LogP contribution in [0.5, 0.6) is 0 Å². The highest BCUT2D eigenvalue weighted by Crippen LogP contribution is 2.38. The van der Waals surface area contributed by atoms with Gasteiger partial charge in [0.15, 0.2) is 5.82 Å². The van der Waals surface area contributed by atoms with Crippen molar-refractivity contribution in [2.24, 2.45) is 5.92 Å². The Balaban J connectivity index is 1.78. The highest BCUT2D eigenvalue weighted by atomic mass is 16.1. The van der Waals surface area contributed by atoms with E-state index in [-0.39, 0.29) is 11.7 Å². The third kappa shape index (κ3) is 1.94. The van der Waals surface area contributed by atoms with Crippen LogP contribution in [0.3, 0.4) is 0 Å². The number of rotatable bonds is 2. The van der Waals surface area contributed by atoms with Gasteiger partial charge in [-0.3, -0.25) is 4.79 Å². The first-order valence-corrected chi connectivity index (χ1v) is 6.71. The van der Waals surface area contributed by atoms with Crippen LogP contribution in [0.4, 0.5) is 0 Å². The van der Waals surface area contributed by atoms with E-state index in [1.54, 1.807) is 6.20 Å². The first-order valence-electron chi connectivity index (χ1n) is 6.71. The van der Waals surface area contributed by atoms with Gasteiger partial charge >= 0.3 is 0 Å². The predicted octanol–water partition coefficient (Wildman–Crippen LogP) is 1.84. The predicted molar refractivity (Wildman–Crippen MR) is 68.4 cm³/mol. The Morgan fingerprint density at radius 1 is 1.33 bits per heavy atom. The standard InChI is InChI=1S/C14H19N3O/c1-9-5-6-15-14(16-9)13(18)10-7-11-3-4-12(8-10)17(11)2/h5-6,10-12H,3-4,7-8H2,1-2H3. The molecule has 0 amide bonds. The molecule has 96 valence electrons. The van der Waals surface area contributed by atoms with E-state index >= 15 is 0 Å². The molecule has 0 spiro atoms. The second-order valence-electron chi connectivity index (χ2n) is 5.60. The summed E-state index contributed by atoms with van der Waals surface area (Å²) in [4.78, 5) is 23.3. The number of carbonyl (C=O) groups excluding carboxylic acids is 1. The number of piperidine rings is 1. The number of ketones is 1. The van der Waals surface area contributed by atoms with Gasteiger partial charge in [0.1, 0.15) is 0 Å². The molecule has 4 nitrogen and oxygen atoms in total. The Bertz CT molecular complexity index is 460. The molecule has 18 heavy (non-hydrogen) atoms. The lowest BCUT2D eigenvalue weighted by atomic mass is 9.87. The molecule has 2 aliphatic rings. The number of carbonyl (C=O) groups is 1. The number of aromatic nitrogens is 2. The maximum atomic E-state index is 12.4. The fourth-order valence-corrected chi connectivity index (χ4v) is 3.38. The lowest BCUT2D eigenvalue weighted by molar-refractivity contribution is 0.0756. The largest absolute Gasteiger partial charge is 0.300 e. The van der Waals surface area contributed by atoms with E-state index in [9.17, 15) is 4.79 Å². The van der Waals surface area contributed by atoms with Crippen molar-refractivity contribution in [2.75, 3.05) is 7.05 Å². The summed E-state index contributed by atoms with van der Waals surface area (Å²) in [7, 11) is 2.19. The van der Waals surface area contributed by atoms with Crippen LogP contribution in [0.25, 0.3) is 0 Å². The van der Waals surface area contributed by atoms with E-state index in [4.69, 9.17) is 0 Å². The Morgan fingerprint density at radius 3 is 2.61 bits per heavy atom. The summed E-state index contributed by atoms with van der Waals surface area (Å²) in [5.41, 5.74) is 0.865. The second kappa shape index (κ2) is 4.43. The fraction of sp³-hybridized carbons (Fsp3) is 0.643. The van der Waals surface area contributed by atoms with Crippen molar-refractivity contribution < 1.29 is 4.79 Å². The molecule has 2 atom stereocenters.